The summed E-state index contributed by atoms with van der Waals surface area (Å²) in [5, 5.41) is 10.6. The normalized spacial score (nSPS) is 10.2. The van der Waals surface area contributed by atoms with Gasteiger partial charge in [0.25, 0.3) is 0 Å². The van der Waals surface area contributed by atoms with Gasteiger partial charge in [-0.05, 0) is 21.5 Å². The highest BCUT2D eigenvalue weighted by Crippen LogP contribution is 2.01. The zero-order valence-electron chi connectivity index (χ0n) is 10.1. The SMILES string of the molecule is O=C(NCCn1ncc(Br)n1)OCc1ccccc1. The van der Waals surface area contributed by atoms with Gasteiger partial charge in [-0.1, -0.05) is 30.3 Å². The molecule has 0 bridgehead atoms. The van der Waals surface area contributed by atoms with E-state index in [0.29, 0.717) is 17.7 Å². The summed E-state index contributed by atoms with van der Waals surface area (Å²) < 4.78 is 5.73. The second kappa shape index (κ2) is 6.89. The number of hydrogen-bond acceptors (Lipinski definition) is 4. The van der Waals surface area contributed by atoms with Crippen LogP contribution in [0.15, 0.2) is 41.1 Å². The summed E-state index contributed by atoms with van der Waals surface area (Å²) >= 11 is 3.20. The van der Waals surface area contributed by atoms with Crippen molar-refractivity contribution in [2.24, 2.45) is 0 Å². The molecule has 0 radical (unpaired) electrons. The van der Waals surface area contributed by atoms with Crippen LogP contribution >= 0.6 is 15.9 Å². The number of nitrogens with one attached hydrogen (secondary N) is 1. The van der Waals surface area contributed by atoms with Crippen LogP contribution in [0.5, 0.6) is 0 Å². The second-order valence-corrected chi connectivity index (χ2v) is 4.56. The number of carbonyl (C=O) groups excluding carboxylic acids is 1. The number of halogens is 1. The van der Waals surface area contributed by atoms with E-state index in [1.165, 1.54) is 4.80 Å². The fourth-order valence-electron chi connectivity index (χ4n) is 1.42. The summed E-state index contributed by atoms with van der Waals surface area (Å²) in [6.45, 7) is 1.17. The van der Waals surface area contributed by atoms with Crippen molar-refractivity contribution >= 4 is 22.0 Å². The first kappa shape index (κ1) is 13.5. The van der Waals surface area contributed by atoms with Gasteiger partial charge in [0.15, 0.2) is 0 Å². The third kappa shape index (κ3) is 4.70. The smallest absolute Gasteiger partial charge is 0.407 e. The zero-order valence-corrected chi connectivity index (χ0v) is 11.7. The molecule has 7 heteroatoms. The number of aromatic nitrogens is 3. The Kier molecular flexibility index (Phi) is 4.91. The Bertz CT molecular complexity index is 530. The van der Waals surface area contributed by atoms with Crippen molar-refractivity contribution in [3.8, 4) is 0 Å². The van der Waals surface area contributed by atoms with Gasteiger partial charge in [-0.2, -0.15) is 9.90 Å². The Morgan fingerprint density at radius 2 is 2.16 bits per heavy atom. The van der Waals surface area contributed by atoms with E-state index in [1.807, 2.05) is 30.3 Å². The molecule has 1 amide bonds. The highest BCUT2D eigenvalue weighted by molar-refractivity contribution is 9.10. The lowest BCUT2D eigenvalue weighted by atomic mass is 10.2. The summed E-state index contributed by atoms with van der Waals surface area (Å²) in [6.07, 6.45) is 1.14. The molecule has 0 saturated heterocycles. The maximum absolute atomic E-state index is 11.4. The predicted molar refractivity (Wildman–Crippen MR) is 72.4 cm³/mol. The molecule has 0 fully saturated rings. The van der Waals surface area contributed by atoms with E-state index in [-0.39, 0.29) is 6.61 Å². The summed E-state index contributed by atoms with van der Waals surface area (Å²) in [5.74, 6) is 0. The van der Waals surface area contributed by atoms with Gasteiger partial charge in [-0.15, -0.1) is 5.10 Å². The van der Waals surface area contributed by atoms with Crippen LogP contribution in [-0.2, 0) is 17.9 Å². The molecule has 19 heavy (non-hydrogen) atoms. The third-order valence-corrected chi connectivity index (χ3v) is 2.67. The molecule has 2 rings (SSSR count). The van der Waals surface area contributed by atoms with Crippen molar-refractivity contribution in [3.05, 3.63) is 46.7 Å². The van der Waals surface area contributed by atoms with Crippen LogP contribution in [0.25, 0.3) is 0 Å². The van der Waals surface area contributed by atoms with E-state index < -0.39 is 6.09 Å². The minimum Gasteiger partial charge on any atom is -0.445 e. The molecule has 0 spiro atoms. The van der Waals surface area contributed by atoms with E-state index in [0.717, 1.165) is 5.56 Å². The van der Waals surface area contributed by atoms with Crippen LogP contribution in [0.4, 0.5) is 4.79 Å². The minimum absolute atomic E-state index is 0.262. The quantitative estimate of drug-likeness (QED) is 0.912. The molecule has 1 N–H and O–H groups in total. The number of ether oxygens (including phenoxy) is 1. The molecule has 1 aromatic carbocycles. The molecular formula is C12H13BrN4O2. The lowest BCUT2D eigenvalue weighted by Gasteiger charge is -2.06. The molecule has 0 unspecified atom stereocenters. The van der Waals surface area contributed by atoms with Crippen molar-refractivity contribution in [1.29, 1.82) is 0 Å². The Hall–Kier alpha value is -1.89. The van der Waals surface area contributed by atoms with Crippen molar-refractivity contribution in [1.82, 2.24) is 20.3 Å². The Labute approximate surface area is 118 Å². The number of rotatable bonds is 5. The number of amides is 1. The predicted octanol–water partition coefficient (Wildman–Crippen LogP) is 1.97. The Balaban J connectivity index is 1.65. The first-order valence-corrected chi connectivity index (χ1v) is 6.53. The van der Waals surface area contributed by atoms with Gasteiger partial charge >= 0.3 is 6.09 Å². The van der Waals surface area contributed by atoms with E-state index in [4.69, 9.17) is 4.74 Å². The van der Waals surface area contributed by atoms with Gasteiger partial charge in [0, 0.05) is 6.54 Å². The number of hydrogen-bond donors (Lipinski definition) is 1. The van der Waals surface area contributed by atoms with Crippen LogP contribution in [-0.4, -0.2) is 27.6 Å². The van der Waals surface area contributed by atoms with Crippen LogP contribution in [0, 0.1) is 0 Å². The summed E-state index contributed by atoms with van der Waals surface area (Å²) in [7, 11) is 0. The number of alkyl carbamates (subject to hydrolysis) is 1. The molecule has 0 aliphatic rings. The third-order valence-electron chi connectivity index (χ3n) is 2.30. The van der Waals surface area contributed by atoms with Crippen molar-refractivity contribution in [2.75, 3.05) is 6.54 Å². The lowest BCUT2D eigenvalue weighted by molar-refractivity contribution is 0.139. The van der Waals surface area contributed by atoms with E-state index in [9.17, 15) is 4.79 Å². The number of carbonyl (C=O) groups is 1. The van der Waals surface area contributed by atoms with Gasteiger partial charge in [0.1, 0.15) is 11.2 Å². The molecule has 0 atom stereocenters. The maximum atomic E-state index is 11.4. The maximum Gasteiger partial charge on any atom is 0.407 e. The molecule has 0 saturated carbocycles. The molecule has 100 valence electrons. The van der Waals surface area contributed by atoms with Crippen LogP contribution in [0.3, 0.4) is 0 Å². The largest absolute Gasteiger partial charge is 0.445 e. The number of nitrogens with zero attached hydrogens (tertiary/aromatic N) is 3. The molecule has 2 aromatic rings. The zero-order chi connectivity index (χ0) is 13.5. The molecule has 1 heterocycles. The van der Waals surface area contributed by atoms with Crippen molar-refractivity contribution in [3.63, 3.8) is 0 Å². The standard InChI is InChI=1S/C12H13BrN4O2/c13-11-8-15-17(16-11)7-6-14-12(18)19-9-10-4-2-1-3-5-10/h1-5,8H,6-7,9H2,(H,14,18). The van der Waals surface area contributed by atoms with Gasteiger partial charge in [0.2, 0.25) is 0 Å². The van der Waals surface area contributed by atoms with Gasteiger partial charge in [0.05, 0.1) is 12.7 Å². The fraction of sp³-hybridized carbons (Fsp3) is 0.250. The van der Waals surface area contributed by atoms with Gasteiger partial charge in [-0.3, -0.25) is 0 Å². The van der Waals surface area contributed by atoms with Gasteiger partial charge < -0.3 is 10.1 Å². The minimum atomic E-state index is -0.449. The molecule has 6 nitrogen and oxygen atoms in total. The van der Waals surface area contributed by atoms with Crippen LogP contribution in [0.2, 0.25) is 0 Å². The van der Waals surface area contributed by atoms with Gasteiger partial charge in [-0.25, -0.2) is 4.79 Å². The first-order chi connectivity index (χ1) is 9.24. The fourth-order valence-corrected chi connectivity index (χ4v) is 1.69. The highest BCUT2D eigenvalue weighted by atomic mass is 79.9. The van der Waals surface area contributed by atoms with Crippen molar-refractivity contribution < 1.29 is 9.53 Å². The van der Waals surface area contributed by atoms with Crippen LogP contribution < -0.4 is 5.32 Å². The van der Waals surface area contributed by atoms with E-state index in [2.05, 4.69) is 31.4 Å². The first-order valence-electron chi connectivity index (χ1n) is 5.74. The monoisotopic (exact) mass is 324 g/mol. The van der Waals surface area contributed by atoms with Crippen LogP contribution in [0.1, 0.15) is 5.56 Å². The Morgan fingerprint density at radius 3 is 2.84 bits per heavy atom. The Morgan fingerprint density at radius 1 is 1.37 bits per heavy atom. The second-order valence-electron chi connectivity index (χ2n) is 3.75. The molecule has 0 aliphatic heterocycles. The average Bonchev–Trinajstić information content (AvgIpc) is 2.83. The molecule has 0 aliphatic carbocycles. The van der Waals surface area contributed by atoms with E-state index in [1.54, 1.807) is 6.20 Å². The summed E-state index contributed by atoms with van der Waals surface area (Å²) in [4.78, 5) is 12.9. The topological polar surface area (TPSA) is 69.0 Å². The number of benzene rings is 1. The lowest BCUT2D eigenvalue weighted by Crippen LogP contribution is -2.28. The average molecular weight is 325 g/mol. The van der Waals surface area contributed by atoms with E-state index >= 15 is 0 Å². The summed E-state index contributed by atoms with van der Waals surface area (Å²) in [5.41, 5.74) is 0.954. The highest BCUT2D eigenvalue weighted by Gasteiger charge is 2.02. The molecular weight excluding hydrogens is 312 g/mol. The summed E-state index contributed by atoms with van der Waals surface area (Å²) in [6, 6.07) is 9.52. The van der Waals surface area contributed by atoms with Crippen molar-refractivity contribution in [2.45, 2.75) is 13.2 Å². The molecule has 1 aromatic heterocycles.